The molecule has 0 bridgehead atoms. The molecule has 0 rings (SSSR count). The van der Waals surface area contributed by atoms with Crippen molar-refractivity contribution >= 4 is 29.8 Å². The van der Waals surface area contributed by atoms with E-state index in [1.165, 1.54) is 0 Å². The first kappa shape index (κ1) is 24.1. The molecular formula is C12H19ClO8. The molecule has 122 valence electrons. The number of hydrogen-bond acceptors (Lipinski definition) is 6. The van der Waals surface area contributed by atoms with Gasteiger partial charge >= 0.3 is 17.9 Å². The van der Waals surface area contributed by atoms with Gasteiger partial charge in [0.05, 0.1) is 25.1 Å². The van der Waals surface area contributed by atoms with E-state index in [0.717, 1.165) is 12.5 Å². The van der Waals surface area contributed by atoms with Gasteiger partial charge in [0.1, 0.15) is 6.61 Å². The number of aliphatic hydroxyl groups is 1. The van der Waals surface area contributed by atoms with Gasteiger partial charge in [-0.2, -0.15) is 0 Å². The molecule has 0 spiro atoms. The highest BCUT2D eigenvalue weighted by Gasteiger charge is 1.90. The Labute approximate surface area is 127 Å². The van der Waals surface area contributed by atoms with Crippen LogP contribution >= 0.6 is 11.9 Å². The minimum absolute atomic E-state index is 0.0465. The Hall–Kier alpha value is -1.90. The molecule has 0 aliphatic carbocycles. The van der Waals surface area contributed by atoms with Crippen molar-refractivity contribution in [2.75, 3.05) is 19.8 Å². The number of rotatable bonds is 7. The molecular weight excluding hydrogens is 308 g/mol. The summed E-state index contributed by atoms with van der Waals surface area (Å²) in [6.07, 6.45) is 3.16. The molecule has 0 saturated heterocycles. The zero-order valence-electron chi connectivity index (χ0n) is 11.5. The second-order valence-corrected chi connectivity index (χ2v) is 3.14. The van der Waals surface area contributed by atoms with Gasteiger partial charge in [-0.3, -0.25) is 4.29 Å². The van der Waals surface area contributed by atoms with Gasteiger partial charge in [0.25, 0.3) is 0 Å². The van der Waals surface area contributed by atoms with E-state index in [1.54, 1.807) is 0 Å². The van der Waals surface area contributed by atoms with Crippen LogP contribution in [0.1, 0.15) is 13.3 Å². The number of carboxylic acid groups (broad SMARTS) is 2. The van der Waals surface area contributed by atoms with Crippen LogP contribution in [0.15, 0.2) is 24.8 Å². The molecule has 0 fully saturated rings. The molecule has 0 aliphatic heterocycles. The Morgan fingerprint density at radius 2 is 1.62 bits per heavy atom. The summed E-state index contributed by atoms with van der Waals surface area (Å²) in [4.78, 5) is 29.2. The zero-order chi connectivity index (χ0) is 17.1. The smallest absolute Gasteiger partial charge is 0.330 e. The number of carbonyl (C=O) groups is 3. The summed E-state index contributed by atoms with van der Waals surface area (Å²) in [6, 6.07) is 0. The summed E-state index contributed by atoms with van der Waals surface area (Å²) in [7, 11) is 0. The quantitative estimate of drug-likeness (QED) is 0.466. The van der Waals surface area contributed by atoms with Gasteiger partial charge in [-0.15, -0.1) is 0 Å². The maximum Gasteiger partial charge on any atom is 0.330 e. The normalized spacial score (nSPS) is 8.71. The number of aliphatic hydroxyl groups excluding tert-OH is 1. The van der Waals surface area contributed by atoms with E-state index in [4.69, 9.17) is 27.2 Å². The second kappa shape index (κ2) is 20.4. The summed E-state index contributed by atoms with van der Waals surface area (Å²) in [5.74, 6) is -3.01. The Kier molecular flexibility index (Phi) is 23.5. The summed E-state index contributed by atoms with van der Waals surface area (Å²) >= 11 is 4.80. The van der Waals surface area contributed by atoms with Crippen molar-refractivity contribution < 1.29 is 38.7 Å². The predicted octanol–water partition coefficient (Wildman–Crippen LogP) is 0.986. The first-order valence-electron chi connectivity index (χ1n) is 5.63. The predicted molar refractivity (Wildman–Crippen MR) is 74.7 cm³/mol. The third-order valence-electron chi connectivity index (χ3n) is 1.15. The maximum absolute atomic E-state index is 10.1. The lowest BCUT2D eigenvalue weighted by Gasteiger charge is -1.94. The minimum Gasteiger partial charge on any atom is -0.478 e. The Balaban J connectivity index is -0.000000239. The average molecular weight is 327 g/mol. The first-order chi connectivity index (χ1) is 9.85. The molecule has 0 aromatic rings. The van der Waals surface area contributed by atoms with Crippen LogP contribution in [-0.4, -0.2) is 53.0 Å². The third-order valence-corrected chi connectivity index (χ3v) is 1.31. The number of carbonyl (C=O) groups excluding carboxylic acids is 1. The number of hydrogen-bond donors (Lipinski definition) is 3. The number of halogens is 1. The monoisotopic (exact) mass is 326 g/mol. The van der Waals surface area contributed by atoms with Crippen molar-refractivity contribution in [3.63, 3.8) is 0 Å². The SMILES string of the molecule is C=CC(=O)OCCO.CCCOCl.O=C(O)/C=C\C(=O)O. The summed E-state index contributed by atoms with van der Waals surface area (Å²) in [6.45, 7) is 5.72. The van der Waals surface area contributed by atoms with Crippen LogP contribution in [0.25, 0.3) is 0 Å². The van der Waals surface area contributed by atoms with Gasteiger partial charge in [-0.25, -0.2) is 14.4 Å². The van der Waals surface area contributed by atoms with Crippen LogP contribution in [0.2, 0.25) is 0 Å². The van der Waals surface area contributed by atoms with Gasteiger partial charge < -0.3 is 20.1 Å². The number of ether oxygens (including phenoxy) is 1. The van der Waals surface area contributed by atoms with Crippen molar-refractivity contribution in [3.8, 4) is 0 Å². The van der Waals surface area contributed by atoms with Crippen LogP contribution in [0.5, 0.6) is 0 Å². The highest BCUT2D eigenvalue weighted by Crippen LogP contribution is 1.80. The van der Waals surface area contributed by atoms with Gasteiger partial charge in [-0.05, 0) is 6.42 Å². The van der Waals surface area contributed by atoms with Crippen molar-refractivity contribution in [2.45, 2.75) is 13.3 Å². The topological polar surface area (TPSA) is 130 Å². The van der Waals surface area contributed by atoms with E-state index in [-0.39, 0.29) is 13.2 Å². The van der Waals surface area contributed by atoms with Gasteiger partial charge in [0.2, 0.25) is 0 Å². The van der Waals surface area contributed by atoms with Crippen LogP contribution in [-0.2, 0) is 23.4 Å². The van der Waals surface area contributed by atoms with Crippen molar-refractivity contribution in [2.24, 2.45) is 0 Å². The first-order valence-corrected chi connectivity index (χ1v) is 5.93. The summed E-state index contributed by atoms with van der Waals surface area (Å²) < 4.78 is 8.50. The number of esters is 1. The third kappa shape index (κ3) is 38.1. The standard InChI is InChI=1S/C5H8O3.C4H4O4.C3H7ClO/c1-2-5(7)8-4-3-6;5-3(6)1-2-4(7)8;1-2-3-5-4/h2,6H,1,3-4H2;1-2H,(H,5,6)(H,7,8);2-3H2,1H3/b;2-1-;. The van der Waals surface area contributed by atoms with E-state index >= 15 is 0 Å². The lowest BCUT2D eigenvalue weighted by Crippen LogP contribution is -2.04. The fraction of sp³-hybridized carbons (Fsp3) is 0.417. The highest BCUT2D eigenvalue weighted by atomic mass is 35.5. The maximum atomic E-state index is 10.1. The van der Waals surface area contributed by atoms with Crippen LogP contribution in [0, 0.1) is 0 Å². The molecule has 9 heteroatoms. The minimum atomic E-state index is -1.26. The largest absolute Gasteiger partial charge is 0.478 e. The fourth-order valence-electron chi connectivity index (χ4n) is 0.425. The Morgan fingerprint density at radius 1 is 1.14 bits per heavy atom. The van der Waals surface area contributed by atoms with E-state index < -0.39 is 17.9 Å². The van der Waals surface area contributed by atoms with E-state index in [2.05, 4.69) is 15.6 Å². The fourth-order valence-corrected chi connectivity index (χ4v) is 0.579. The molecule has 0 aliphatic rings. The van der Waals surface area contributed by atoms with Crippen LogP contribution in [0.3, 0.4) is 0 Å². The van der Waals surface area contributed by atoms with E-state index in [0.29, 0.717) is 18.8 Å². The molecule has 0 unspecified atom stereocenters. The second-order valence-electron chi connectivity index (χ2n) is 2.92. The van der Waals surface area contributed by atoms with Crippen molar-refractivity contribution in [1.82, 2.24) is 0 Å². The van der Waals surface area contributed by atoms with Crippen LogP contribution in [0.4, 0.5) is 0 Å². The van der Waals surface area contributed by atoms with Gasteiger partial charge in [-0.1, -0.05) is 13.5 Å². The molecule has 0 amide bonds. The van der Waals surface area contributed by atoms with Crippen LogP contribution < -0.4 is 0 Å². The molecule has 0 aromatic heterocycles. The molecule has 0 aromatic carbocycles. The summed E-state index contributed by atoms with van der Waals surface area (Å²) in [5.41, 5.74) is 0. The highest BCUT2D eigenvalue weighted by molar-refractivity contribution is 6.07. The molecule has 0 atom stereocenters. The molecule has 8 nitrogen and oxygen atoms in total. The van der Waals surface area contributed by atoms with Crippen molar-refractivity contribution in [1.29, 1.82) is 0 Å². The molecule has 0 saturated carbocycles. The number of aliphatic carboxylic acids is 2. The van der Waals surface area contributed by atoms with E-state index in [9.17, 15) is 14.4 Å². The summed E-state index contributed by atoms with van der Waals surface area (Å²) in [5, 5.41) is 23.7. The lowest BCUT2D eigenvalue weighted by molar-refractivity contribution is -0.138. The number of carboxylic acids is 2. The lowest BCUT2D eigenvalue weighted by atomic mass is 10.5. The zero-order valence-corrected chi connectivity index (χ0v) is 12.3. The van der Waals surface area contributed by atoms with E-state index in [1.807, 2.05) is 6.92 Å². The Morgan fingerprint density at radius 3 is 1.81 bits per heavy atom. The van der Waals surface area contributed by atoms with Crippen molar-refractivity contribution in [3.05, 3.63) is 24.8 Å². The molecule has 21 heavy (non-hydrogen) atoms. The molecule has 0 heterocycles. The molecule has 3 N–H and O–H groups in total. The molecule has 0 radical (unpaired) electrons. The van der Waals surface area contributed by atoms with Gasteiger partial charge in [0.15, 0.2) is 0 Å². The Bertz CT molecular complexity index is 309. The van der Waals surface area contributed by atoms with Gasteiger partial charge in [0, 0.05) is 18.2 Å². The average Bonchev–Trinajstić information content (AvgIpc) is 2.44.